The highest BCUT2D eigenvalue weighted by atomic mass is 16.5. The Balaban J connectivity index is 1.50. The number of aromatic nitrogens is 4. The minimum absolute atomic E-state index is 0.316. The highest BCUT2D eigenvalue weighted by Crippen LogP contribution is 2.22. The van der Waals surface area contributed by atoms with Gasteiger partial charge >= 0.3 is 0 Å². The summed E-state index contributed by atoms with van der Waals surface area (Å²) in [6.45, 7) is 4.27. The van der Waals surface area contributed by atoms with Gasteiger partial charge in [-0.2, -0.15) is 9.97 Å². The second-order valence-electron chi connectivity index (χ2n) is 6.29. The van der Waals surface area contributed by atoms with E-state index in [9.17, 15) is 0 Å². The molecule has 0 bridgehead atoms. The van der Waals surface area contributed by atoms with Crippen molar-refractivity contribution in [2.45, 2.75) is 26.3 Å². The van der Waals surface area contributed by atoms with Crippen molar-refractivity contribution < 1.29 is 4.52 Å². The first-order valence-corrected chi connectivity index (χ1v) is 8.68. The van der Waals surface area contributed by atoms with Gasteiger partial charge in [0.1, 0.15) is 5.82 Å². The third-order valence-electron chi connectivity index (χ3n) is 4.40. The number of anilines is 2. The molecule has 0 spiro atoms. The molecule has 8 heteroatoms. The number of fused-ring (bicyclic) bond motifs is 1. The van der Waals surface area contributed by atoms with Crippen molar-refractivity contribution >= 4 is 11.8 Å². The zero-order valence-corrected chi connectivity index (χ0v) is 14.6. The first kappa shape index (κ1) is 16.5. The lowest BCUT2D eigenvalue weighted by Gasteiger charge is -2.13. The van der Waals surface area contributed by atoms with Gasteiger partial charge in [-0.3, -0.25) is 0 Å². The van der Waals surface area contributed by atoms with E-state index < -0.39 is 0 Å². The van der Waals surface area contributed by atoms with E-state index in [1.165, 1.54) is 0 Å². The molecule has 1 aromatic carbocycles. The van der Waals surface area contributed by atoms with Crippen molar-refractivity contribution in [1.29, 1.82) is 0 Å². The van der Waals surface area contributed by atoms with Crippen molar-refractivity contribution in [3.8, 4) is 11.4 Å². The molecule has 4 N–H and O–H groups in total. The minimum atomic E-state index is 0.316. The first-order valence-electron chi connectivity index (χ1n) is 8.68. The van der Waals surface area contributed by atoms with E-state index in [1.807, 2.05) is 24.3 Å². The Morgan fingerprint density at radius 3 is 2.69 bits per heavy atom. The fourth-order valence-electron chi connectivity index (χ4n) is 3.08. The van der Waals surface area contributed by atoms with E-state index in [2.05, 4.69) is 30.7 Å². The van der Waals surface area contributed by atoms with E-state index in [1.54, 1.807) is 6.92 Å². The molecule has 3 heterocycles. The van der Waals surface area contributed by atoms with Crippen molar-refractivity contribution in [3.05, 3.63) is 47.0 Å². The van der Waals surface area contributed by atoms with Crippen LogP contribution in [0.15, 0.2) is 28.8 Å². The smallest absolute Gasteiger partial charge is 0.223 e. The molecule has 0 atom stereocenters. The molecule has 26 heavy (non-hydrogen) atoms. The molecule has 0 aliphatic carbocycles. The van der Waals surface area contributed by atoms with Crippen LogP contribution in [0.5, 0.6) is 0 Å². The van der Waals surface area contributed by atoms with Crippen molar-refractivity contribution in [1.82, 2.24) is 25.4 Å². The first-order chi connectivity index (χ1) is 12.7. The summed E-state index contributed by atoms with van der Waals surface area (Å²) in [6, 6.07) is 8.05. The topological polar surface area (TPSA) is 115 Å². The number of nitrogens with one attached hydrogen (secondary N) is 2. The maximum absolute atomic E-state index is 5.88. The second kappa shape index (κ2) is 7.09. The van der Waals surface area contributed by atoms with Gasteiger partial charge in [-0.25, -0.2) is 4.98 Å². The molecule has 0 saturated heterocycles. The van der Waals surface area contributed by atoms with E-state index in [-0.39, 0.29) is 0 Å². The summed E-state index contributed by atoms with van der Waals surface area (Å²) in [5, 5.41) is 10.7. The molecular weight excluding hydrogens is 330 g/mol. The van der Waals surface area contributed by atoms with Crippen molar-refractivity contribution in [2.75, 3.05) is 24.1 Å². The average Bonchev–Trinajstić information content (AvgIpc) is 2.94. The van der Waals surface area contributed by atoms with Gasteiger partial charge in [0.05, 0.1) is 5.69 Å². The number of rotatable bonds is 4. The predicted octanol–water partition coefficient (Wildman–Crippen LogP) is 1.72. The number of nitrogen functional groups attached to an aromatic ring is 1. The molecule has 3 aromatic rings. The van der Waals surface area contributed by atoms with Gasteiger partial charge in [0, 0.05) is 37.6 Å². The summed E-state index contributed by atoms with van der Waals surface area (Å²) in [6.07, 6.45) is 1.77. The quantitative estimate of drug-likeness (QED) is 0.651. The van der Waals surface area contributed by atoms with Gasteiger partial charge in [-0.15, -0.1) is 0 Å². The van der Waals surface area contributed by atoms with Gasteiger partial charge in [-0.05, 0) is 18.5 Å². The molecule has 0 fully saturated rings. The van der Waals surface area contributed by atoms with Crippen LogP contribution in [0.25, 0.3) is 11.4 Å². The molecule has 4 rings (SSSR count). The minimum Gasteiger partial charge on any atom is -0.368 e. The van der Waals surface area contributed by atoms with Crippen LogP contribution in [0.4, 0.5) is 11.8 Å². The average molecular weight is 351 g/mol. The van der Waals surface area contributed by atoms with E-state index in [0.29, 0.717) is 24.2 Å². The number of hydrogen-bond donors (Lipinski definition) is 3. The van der Waals surface area contributed by atoms with Gasteiger partial charge < -0.3 is 20.9 Å². The Bertz CT molecular complexity index is 904. The molecule has 1 aliphatic heterocycles. The predicted molar refractivity (Wildman–Crippen MR) is 98.5 cm³/mol. The van der Waals surface area contributed by atoms with Gasteiger partial charge in [0.25, 0.3) is 0 Å². The van der Waals surface area contributed by atoms with Gasteiger partial charge in [-0.1, -0.05) is 29.4 Å². The van der Waals surface area contributed by atoms with Gasteiger partial charge in [0.15, 0.2) is 0 Å². The normalized spacial score (nSPS) is 13.9. The summed E-state index contributed by atoms with van der Waals surface area (Å²) < 4.78 is 5.02. The van der Waals surface area contributed by atoms with Crippen LogP contribution in [0.3, 0.4) is 0 Å². The monoisotopic (exact) mass is 351 g/mol. The standard InChI is InChI=1S/C18H21N7O/c1-11-22-16(25-26-11)13-4-2-12(3-5-13)10-21-17-14-6-8-20-9-7-15(14)23-18(19)24-17/h2-5,20H,6-10H2,1H3,(H3,19,21,23,24). The Morgan fingerprint density at radius 2 is 1.92 bits per heavy atom. The van der Waals surface area contributed by atoms with Gasteiger partial charge in [0.2, 0.25) is 17.7 Å². The number of nitrogens with two attached hydrogens (primary N) is 1. The van der Waals surface area contributed by atoms with Crippen LogP contribution in [-0.4, -0.2) is 33.2 Å². The molecule has 8 nitrogen and oxygen atoms in total. The number of nitrogens with zero attached hydrogens (tertiary/aromatic N) is 4. The maximum atomic E-state index is 5.88. The van der Waals surface area contributed by atoms with E-state index in [0.717, 1.165) is 54.1 Å². The Hall–Kier alpha value is -3.00. The lowest BCUT2D eigenvalue weighted by molar-refractivity contribution is 0.394. The molecule has 0 amide bonds. The summed E-state index contributed by atoms with van der Waals surface area (Å²) in [7, 11) is 0. The summed E-state index contributed by atoms with van der Waals surface area (Å²) in [4.78, 5) is 13.0. The van der Waals surface area contributed by atoms with Crippen molar-refractivity contribution in [2.24, 2.45) is 0 Å². The molecule has 0 radical (unpaired) electrons. The molecule has 0 saturated carbocycles. The van der Waals surface area contributed by atoms with Crippen LogP contribution >= 0.6 is 0 Å². The lowest BCUT2D eigenvalue weighted by Crippen LogP contribution is -2.16. The molecule has 2 aromatic heterocycles. The summed E-state index contributed by atoms with van der Waals surface area (Å²) in [5.74, 6) is 2.30. The Kier molecular flexibility index (Phi) is 4.49. The molecule has 1 aliphatic rings. The fraction of sp³-hybridized carbons (Fsp3) is 0.333. The SMILES string of the molecule is Cc1nc(-c2ccc(CNc3nc(N)nc4c3CCNCC4)cc2)no1. The van der Waals surface area contributed by atoms with Crippen LogP contribution in [0.1, 0.15) is 22.7 Å². The summed E-state index contributed by atoms with van der Waals surface area (Å²) in [5.41, 5.74) is 10.1. The van der Waals surface area contributed by atoms with Crippen LogP contribution in [0, 0.1) is 6.92 Å². The highest BCUT2D eigenvalue weighted by molar-refractivity contribution is 5.55. The Labute approximate surface area is 151 Å². The second-order valence-corrected chi connectivity index (χ2v) is 6.29. The van der Waals surface area contributed by atoms with E-state index in [4.69, 9.17) is 10.3 Å². The van der Waals surface area contributed by atoms with Crippen molar-refractivity contribution in [3.63, 3.8) is 0 Å². The Morgan fingerprint density at radius 1 is 1.12 bits per heavy atom. The van der Waals surface area contributed by atoms with E-state index >= 15 is 0 Å². The van der Waals surface area contributed by atoms with Crippen LogP contribution < -0.4 is 16.4 Å². The molecule has 0 unspecified atom stereocenters. The largest absolute Gasteiger partial charge is 0.368 e. The summed E-state index contributed by atoms with van der Waals surface area (Å²) >= 11 is 0. The third-order valence-corrected chi connectivity index (χ3v) is 4.40. The number of aryl methyl sites for hydroxylation is 1. The number of hydrogen-bond acceptors (Lipinski definition) is 8. The fourth-order valence-corrected chi connectivity index (χ4v) is 3.08. The zero-order valence-electron chi connectivity index (χ0n) is 14.6. The van der Waals surface area contributed by atoms with Crippen LogP contribution in [0.2, 0.25) is 0 Å². The third kappa shape index (κ3) is 3.50. The number of benzene rings is 1. The molecular formula is C18H21N7O. The molecule has 134 valence electrons. The van der Waals surface area contributed by atoms with Crippen LogP contribution in [-0.2, 0) is 19.4 Å². The lowest BCUT2D eigenvalue weighted by atomic mass is 10.1. The zero-order chi connectivity index (χ0) is 17.9. The maximum Gasteiger partial charge on any atom is 0.223 e. The highest BCUT2D eigenvalue weighted by Gasteiger charge is 2.15.